The van der Waals surface area contributed by atoms with Gasteiger partial charge in [-0.05, 0) is 86.5 Å². The van der Waals surface area contributed by atoms with Crippen molar-refractivity contribution in [2.75, 3.05) is 0 Å². The summed E-state index contributed by atoms with van der Waals surface area (Å²) in [6.45, 7) is 8.93. The zero-order valence-electron chi connectivity index (χ0n) is 22.9. The van der Waals surface area contributed by atoms with Gasteiger partial charge in [-0.15, -0.1) is 0 Å². The smallest absolute Gasteiger partial charge is 0.0705 e. The van der Waals surface area contributed by atoms with E-state index in [4.69, 9.17) is 4.98 Å². The summed E-state index contributed by atoms with van der Waals surface area (Å²) in [5, 5.41) is 2.35. The van der Waals surface area contributed by atoms with Crippen LogP contribution in [0.1, 0.15) is 31.9 Å². The standard InChI is InChI=1S/C37H32N2/c1-25-30(26-10-6-5-7-11-26)14-9-15-31(25)33-17-16-32(35-24-38-20-19-34(33)35)27-12-8-13-28(22-27)36-23-29(18-21-39-36)37(2,3)4/h5-24H,1-4H3. The number of benzene rings is 4. The normalized spacial score (nSPS) is 11.6. The zero-order valence-corrected chi connectivity index (χ0v) is 22.9. The van der Waals surface area contributed by atoms with E-state index in [2.05, 4.69) is 136 Å². The molecule has 0 spiro atoms. The first-order valence-electron chi connectivity index (χ1n) is 13.5. The highest BCUT2D eigenvalue weighted by molar-refractivity contribution is 6.05. The van der Waals surface area contributed by atoms with E-state index < -0.39 is 0 Å². The third kappa shape index (κ3) is 4.75. The van der Waals surface area contributed by atoms with Crippen LogP contribution >= 0.6 is 0 Å². The van der Waals surface area contributed by atoms with Gasteiger partial charge in [0.25, 0.3) is 0 Å². The van der Waals surface area contributed by atoms with E-state index in [1.54, 1.807) is 0 Å². The van der Waals surface area contributed by atoms with Crippen LogP contribution in [0.25, 0.3) is 55.4 Å². The SMILES string of the molecule is Cc1c(-c2ccccc2)cccc1-c1ccc(-c2cccc(-c3cc(C(C)(C)C)ccn3)c2)c2cnccc12. The predicted molar refractivity (Wildman–Crippen MR) is 165 cm³/mol. The zero-order chi connectivity index (χ0) is 27.0. The fourth-order valence-corrected chi connectivity index (χ4v) is 5.44. The van der Waals surface area contributed by atoms with Gasteiger partial charge in [0.15, 0.2) is 0 Å². The Morgan fingerprint density at radius 3 is 2.08 bits per heavy atom. The van der Waals surface area contributed by atoms with E-state index >= 15 is 0 Å². The van der Waals surface area contributed by atoms with Crippen molar-refractivity contribution >= 4 is 10.8 Å². The van der Waals surface area contributed by atoms with Gasteiger partial charge >= 0.3 is 0 Å². The van der Waals surface area contributed by atoms with Gasteiger partial charge in [0.1, 0.15) is 0 Å². The molecule has 0 aliphatic carbocycles. The first-order valence-corrected chi connectivity index (χ1v) is 13.5. The minimum Gasteiger partial charge on any atom is -0.264 e. The van der Waals surface area contributed by atoms with Gasteiger partial charge in [0, 0.05) is 29.5 Å². The van der Waals surface area contributed by atoms with E-state index in [0.29, 0.717) is 0 Å². The van der Waals surface area contributed by atoms with E-state index in [1.165, 1.54) is 44.3 Å². The van der Waals surface area contributed by atoms with Crippen molar-refractivity contribution in [2.45, 2.75) is 33.1 Å². The van der Waals surface area contributed by atoms with Crippen molar-refractivity contribution in [3.63, 3.8) is 0 Å². The Balaban J connectivity index is 1.47. The molecule has 0 unspecified atom stereocenters. The second-order valence-corrected chi connectivity index (χ2v) is 11.2. The van der Waals surface area contributed by atoms with E-state index in [0.717, 1.165) is 22.2 Å². The van der Waals surface area contributed by atoms with Crippen molar-refractivity contribution in [3.05, 3.63) is 133 Å². The van der Waals surface area contributed by atoms with Crippen LogP contribution in [-0.2, 0) is 5.41 Å². The lowest BCUT2D eigenvalue weighted by Crippen LogP contribution is -2.11. The average molecular weight is 505 g/mol. The molecule has 6 aromatic rings. The second kappa shape index (κ2) is 9.96. The molecule has 39 heavy (non-hydrogen) atoms. The number of hydrogen-bond donors (Lipinski definition) is 0. The molecule has 0 saturated heterocycles. The highest BCUT2D eigenvalue weighted by Crippen LogP contribution is 2.39. The molecule has 0 atom stereocenters. The molecule has 0 aliphatic rings. The lowest BCUT2D eigenvalue weighted by Gasteiger charge is -2.19. The minimum absolute atomic E-state index is 0.0724. The quantitative estimate of drug-likeness (QED) is 0.239. The van der Waals surface area contributed by atoms with E-state index in [1.807, 2.05) is 18.6 Å². The summed E-state index contributed by atoms with van der Waals surface area (Å²) in [4.78, 5) is 9.23. The Hall–Kier alpha value is -4.56. The van der Waals surface area contributed by atoms with Gasteiger partial charge in [-0.1, -0.05) is 99.6 Å². The Labute approximate surface area is 231 Å². The molecular formula is C37H32N2. The first-order chi connectivity index (χ1) is 18.9. The summed E-state index contributed by atoms with van der Waals surface area (Å²) >= 11 is 0. The number of rotatable bonds is 4. The Morgan fingerprint density at radius 2 is 1.26 bits per heavy atom. The molecule has 2 heterocycles. The van der Waals surface area contributed by atoms with Crippen molar-refractivity contribution < 1.29 is 0 Å². The van der Waals surface area contributed by atoms with Crippen molar-refractivity contribution in [2.24, 2.45) is 0 Å². The molecule has 4 aromatic carbocycles. The summed E-state index contributed by atoms with van der Waals surface area (Å²) in [6, 6.07) is 36.9. The van der Waals surface area contributed by atoms with Crippen LogP contribution in [0.2, 0.25) is 0 Å². The van der Waals surface area contributed by atoms with Crippen molar-refractivity contribution in [1.82, 2.24) is 9.97 Å². The molecule has 0 radical (unpaired) electrons. The van der Waals surface area contributed by atoms with Crippen LogP contribution in [0.3, 0.4) is 0 Å². The number of hydrogen-bond acceptors (Lipinski definition) is 2. The third-order valence-corrected chi connectivity index (χ3v) is 7.62. The van der Waals surface area contributed by atoms with Crippen molar-refractivity contribution in [3.8, 4) is 44.6 Å². The van der Waals surface area contributed by atoms with E-state index in [9.17, 15) is 0 Å². The van der Waals surface area contributed by atoms with Gasteiger partial charge in [-0.2, -0.15) is 0 Å². The molecule has 0 amide bonds. The summed E-state index contributed by atoms with van der Waals surface area (Å²) < 4.78 is 0. The minimum atomic E-state index is 0.0724. The van der Waals surface area contributed by atoms with Crippen LogP contribution in [-0.4, -0.2) is 9.97 Å². The summed E-state index contributed by atoms with van der Waals surface area (Å²) in [7, 11) is 0. The number of aromatic nitrogens is 2. The van der Waals surface area contributed by atoms with Gasteiger partial charge < -0.3 is 0 Å². The van der Waals surface area contributed by atoms with E-state index in [-0.39, 0.29) is 5.41 Å². The lowest BCUT2D eigenvalue weighted by atomic mass is 9.86. The Bertz CT molecular complexity index is 1790. The fourth-order valence-electron chi connectivity index (χ4n) is 5.44. The molecule has 190 valence electrons. The maximum Gasteiger partial charge on any atom is 0.0705 e. The molecule has 0 bridgehead atoms. The first kappa shape index (κ1) is 24.8. The molecule has 0 aliphatic heterocycles. The van der Waals surface area contributed by atoms with Crippen LogP contribution in [0, 0.1) is 6.92 Å². The van der Waals surface area contributed by atoms with Crippen LogP contribution in [0.15, 0.2) is 122 Å². The Kier molecular flexibility index (Phi) is 6.32. The van der Waals surface area contributed by atoms with Gasteiger partial charge in [0.05, 0.1) is 5.69 Å². The topological polar surface area (TPSA) is 25.8 Å². The number of pyridine rings is 2. The number of nitrogens with zero attached hydrogens (tertiary/aromatic N) is 2. The van der Waals surface area contributed by atoms with Gasteiger partial charge in [-0.25, -0.2) is 0 Å². The third-order valence-electron chi connectivity index (χ3n) is 7.62. The van der Waals surface area contributed by atoms with Crippen LogP contribution in [0.4, 0.5) is 0 Å². The average Bonchev–Trinajstić information content (AvgIpc) is 2.97. The number of fused-ring (bicyclic) bond motifs is 1. The maximum absolute atomic E-state index is 4.70. The monoisotopic (exact) mass is 504 g/mol. The molecule has 0 N–H and O–H groups in total. The maximum atomic E-state index is 4.70. The van der Waals surface area contributed by atoms with Crippen molar-refractivity contribution in [1.29, 1.82) is 0 Å². The highest BCUT2D eigenvalue weighted by Gasteiger charge is 2.16. The molecule has 0 fully saturated rings. The predicted octanol–water partition coefficient (Wildman–Crippen LogP) is 9.90. The Morgan fingerprint density at radius 1 is 0.538 bits per heavy atom. The molecule has 0 saturated carbocycles. The second-order valence-electron chi connectivity index (χ2n) is 11.2. The largest absolute Gasteiger partial charge is 0.264 e. The molecular weight excluding hydrogens is 472 g/mol. The van der Waals surface area contributed by atoms with Crippen LogP contribution < -0.4 is 0 Å². The summed E-state index contributed by atoms with van der Waals surface area (Å²) in [5.41, 5.74) is 12.1. The molecule has 2 heteroatoms. The molecule has 2 nitrogen and oxygen atoms in total. The highest BCUT2D eigenvalue weighted by atomic mass is 14.7. The molecule has 6 rings (SSSR count). The van der Waals surface area contributed by atoms with Gasteiger partial charge in [0.2, 0.25) is 0 Å². The van der Waals surface area contributed by atoms with Gasteiger partial charge in [-0.3, -0.25) is 9.97 Å². The lowest BCUT2D eigenvalue weighted by molar-refractivity contribution is 0.589. The van der Waals surface area contributed by atoms with Crippen LogP contribution in [0.5, 0.6) is 0 Å². The summed E-state index contributed by atoms with van der Waals surface area (Å²) in [5.74, 6) is 0. The summed E-state index contributed by atoms with van der Waals surface area (Å²) in [6.07, 6.45) is 5.81. The molecule has 2 aromatic heterocycles. The fraction of sp³-hybridized carbons (Fsp3) is 0.135.